The molecule has 3 aromatic carbocycles. The number of ether oxygens (including phenoxy) is 1. The number of halogens is 4. The van der Waals surface area contributed by atoms with E-state index in [9.17, 15) is 19.1 Å². The van der Waals surface area contributed by atoms with Gasteiger partial charge in [-0.1, -0.05) is 46.9 Å². The molecule has 1 atom stereocenters. The smallest absolute Gasteiger partial charge is 0.294 e. The summed E-state index contributed by atoms with van der Waals surface area (Å²) in [5.74, 6) is -2.75. The molecule has 0 aliphatic carbocycles. The molecule has 2 heterocycles. The van der Waals surface area contributed by atoms with E-state index in [0.717, 1.165) is 0 Å². The molecule has 1 unspecified atom stereocenters. The van der Waals surface area contributed by atoms with Crippen molar-refractivity contribution < 1.29 is 28.2 Å². The van der Waals surface area contributed by atoms with Gasteiger partial charge in [0.25, 0.3) is 5.91 Å². The fraction of sp³-hybridized carbons (Fsp3) is 0.0769. The SMILES string of the molecule is COc1cc(Cl)cc2cc(C(=O)C3=C(O)C(=O)N(c4cc(Cl)cc(Cl)c4)C3c3ccc(F)cc3)oc12. The van der Waals surface area contributed by atoms with E-state index in [4.69, 9.17) is 44.0 Å². The fourth-order valence-electron chi connectivity index (χ4n) is 4.22. The van der Waals surface area contributed by atoms with Crippen molar-refractivity contribution in [2.75, 3.05) is 12.0 Å². The van der Waals surface area contributed by atoms with Gasteiger partial charge >= 0.3 is 0 Å². The topological polar surface area (TPSA) is 80.0 Å². The number of furan rings is 1. The Balaban J connectivity index is 1.68. The minimum absolute atomic E-state index is 0.155. The maximum atomic E-state index is 13.7. The van der Waals surface area contributed by atoms with Crippen LogP contribution in [0.3, 0.4) is 0 Å². The van der Waals surface area contributed by atoms with Gasteiger partial charge in [-0.15, -0.1) is 0 Å². The molecule has 0 bridgehead atoms. The van der Waals surface area contributed by atoms with Crippen LogP contribution >= 0.6 is 34.8 Å². The molecule has 0 radical (unpaired) electrons. The van der Waals surface area contributed by atoms with Crippen LogP contribution in [0.15, 0.2) is 76.4 Å². The van der Waals surface area contributed by atoms with Gasteiger partial charge in [0.1, 0.15) is 5.82 Å². The first-order chi connectivity index (χ1) is 17.2. The number of aliphatic hydroxyl groups is 1. The van der Waals surface area contributed by atoms with Crippen molar-refractivity contribution in [2.24, 2.45) is 0 Å². The number of Topliss-reactive ketones (excluding diaryl/α,β-unsaturated/α-hetero) is 1. The van der Waals surface area contributed by atoms with Crippen molar-refractivity contribution in [3.8, 4) is 5.75 Å². The average molecular weight is 547 g/mol. The van der Waals surface area contributed by atoms with Gasteiger partial charge in [-0.05, 0) is 48.0 Å². The second kappa shape index (κ2) is 9.17. The summed E-state index contributed by atoms with van der Waals surface area (Å²) in [5, 5.41) is 12.2. The number of carbonyl (C=O) groups excluding carboxylic acids is 2. The van der Waals surface area contributed by atoms with E-state index in [2.05, 4.69) is 0 Å². The lowest BCUT2D eigenvalue weighted by Gasteiger charge is -2.27. The van der Waals surface area contributed by atoms with E-state index in [0.29, 0.717) is 21.7 Å². The molecule has 6 nitrogen and oxygen atoms in total. The van der Waals surface area contributed by atoms with Gasteiger partial charge in [0.15, 0.2) is 22.9 Å². The molecular formula is C26H15Cl3FNO5. The summed E-state index contributed by atoms with van der Waals surface area (Å²) in [5.41, 5.74) is 0.613. The molecule has 0 fully saturated rings. The van der Waals surface area contributed by atoms with Crippen molar-refractivity contribution in [1.82, 2.24) is 0 Å². The molecule has 182 valence electrons. The van der Waals surface area contributed by atoms with Gasteiger partial charge in [0.05, 0.1) is 18.7 Å². The molecule has 1 aliphatic rings. The number of methoxy groups -OCH3 is 1. The van der Waals surface area contributed by atoms with E-state index in [1.165, 1.54) is 66.6 Å². The zero-order chi connectivity index (χ0) is 25.7. The van der Waals surface area contributed by atoms with Crippen molar-refractivity contribution in [3.05, 3.63) is 104 Å². The Morgan fingerprint density at radius 1 is 1.00 bits per heavy atom. The molecule has 4 aromatic rings. The van der Waals surface area contributed by atoms with Crippen molar-refractivity contribution >= 4 is 63.1 Å². The maximum Gasteiger partial charge on any atom is 0.294 e. The highest BCUT2D eigenvalue weighted by Gasteiger charge is 2.45. The van der Waals surface area contributed by atoms with E-state index in [-0.39, 0.29) is 32.6 Å². The summed E-state index contributed by atoms with van der Waals surface area (Å²) < 4.78 is 24.8. The molecule has 5 rings (SSSR count). The molecule has 0 saturated carbocycles. The molecule has 1 amide bonds. The highest BCUT2D eigenvalue weighted by atomic mass is 35.5. The Hall–Kier alpha value is -3.52. The first-order valence-electron chi connectivity index (χ1n) is 10.5. The molecule has 0 saturated heterocycles. The van der Waals surface area contributed by atoms with E-state index in [1.807, 2.05) is 0 Å². The highest BCUT2D eigenvalue weighted by molar-refractivity contribution is 6.35. The largest absolute Gasteiger partial charge is 0.503 e. The summed E-state index contributed by atoms with van der Waals surface area (Å²) in [6.07, 6.45) is 0. The fourth-order valence-corrected chi connectivity index (χ4v) is 4.96. The van der Waals surface area contributed by atoms with Gasteiger partial charge in [-0.25, -0.2) is 4.39 Å². The zero-order valence-corrected chi connectivity index (χ0v) is 20.7. The number of aliphatic hydroxyl groups excluding tert-OH is 1. The Bertz CT molecular complexity index is 1560. The Kier molecular flexibility index (Phi) is 6.16. The molecule has 10 heteroatoms. The summed E-state index contributed by atoms with van der Waals surface area (Å²) in [6.45, 7) is 0. The monoisotopic (exact) mass is 545 g/mol. The molecule has 36 heavy (non-hydrogen) atoms. The van der Waals surface area contributed by atoms with E-state index >= 15 is 0 Å². The van der Waals surface area contributed by atoms with Gasteiger partial charge < -0.3 is 14.3 Å². The minimum atomic E-state index is -1.13. The quantitative estimate of drug-likeness (QED) is 0.265. The zero-order valence-electron chi connectivity index (χ0n) is 18.4. The third kappa shape index (κ3) is 4.09. The highest BCUT2D eigenvalue weighted by Crippen LogP contribution is 2.44. The van der Waals surface area contributed by atoms with Crippen LogP contribution in [0.5, 0.6) is 5.75 Å². The molecule has 1 aliphatic heterocycles. The van der Waals surface area contributed by atoms with E-state index in [1.54, 1.807) is 6.07 Å². The van der Waals surface area contributed by atoms with Crippen LogP contribution in [-0.4, -0.2) is 23.9 Å². The lowest BCUT2D eigenvalue weighted by atomic mass is 9.94. The van der Waals surface area contributed by atoms with Gasteiger partial charge in [0, 0.05) is 32.2 Å². The van der Waals surface area contributed by atoms with Crippen LogP contribution in [0.1, 0.15) is 22.2 Å². The Morgan fingerprint density at radius 2 is 1.64 bits per heavy atom. The molecular weight excluding hydrogens is 532 g/mol. The number of anilines is 1. The predicted molar refractivity (Wildman–Crippen MR) is 135 cm³/mol. The predicted octanol–water partition coefficient (Wildman–Crippen LogP) is 7.32. The number of carbonyl (C=O) groups is 2. The first kappa shape index (κ1) is 24.2. The number of rotatable bonds is 5. The third-order valence-corrected chi connectivity index (χ3v) is 6.41. The van der Waals surface area contributed by atoms with E-state index < -0.39 is 29.3 Å². The number of benzene rings is 3. The number of nitrogens with zero attached hydrogens (tertiary/aromatic N) is 1. The summed E-state index contributed by atoms with van der Waals surface area (Å²) >= 11 is 18.4. The third-order valence-electron chi connectivity index (χ3n) is 5.75. The number of hydrogen-bond donors (Lipinski definition) is 1. The van der Waals surface area contributed by atoms with Crippen LogP contribution in [0.4, 0.5) is 10.1 Å². The van der Waals surface area contributed by atoms with Crippen LogP contribution < -0.4 is 9.64 Å². The number of amides is 1. The average Bonchev–Trinajstić information content (AvgIpc) is 3.37. The summed E-state index contributed by atoms with van der Waals surface area (Å²) in [6, 6.07) is 13.1. The summed E-state index contributed by atoms with van der Waals surface area (Å²) in [7, 11) is 1.43. The number of ketones is 1. The second-order valence-corrected chi connectivity index (χ2v) is 9.29. The Labute approximate surface area is 219 Å². The normalized spacial score (nSPS) is 15.8. The Morgan fingerprint density at radius 3 is 2.28 bits per heavy atom. The molecule has 0 spiro atoms. The van der Waals surface area contributed by atoms with Crippen molar-refractivity contribution in [2.45, 2.75) is 6.04 Å². The lowest BCUT2D eigenvalue weighted by Crippen LogP contribution is -2.31. The molecule has 1 N–H and O–H groups in total. The maximum absolute atomic E-state index is 13.7. The summed E-state index contributed by atoms with van der Waals surface area (Å²) in [4.78, 5) is 28.2. The lowest BCUT2D eigenvalue weighted by molar-refractivity contribution is -0.117. The van der Waals surface area contributed by atoms with Gasteiger partial charge in [-0.3, -0.25) is 14.5 Å². The van der Waals surface area contributed by atoms with Gasteiger partial charge in [-0.2, -0.15) is 0 Å². The van der Waals surface area contributed by atoms with Crippen LogP contribution in [0, 0.1) is 5.82 Å². The molecule has 1 aromatic heterocycles. The van der Waals surface area contributed by atoms with Crippen molar-refractivity contribution in [1.29, 1.82) is 0 Å². The first-order valence-corrected chi connectivity index (χ1v) is 11.6. The number of hydrogen-bond acceptors (Lipinski definition) is 5. The standard InChI is InChI=1S/C26H15Cl3FNO5/c1-35-20-11-14(27)6-13-7-19(36-25(13)20)23(32)21-22(12-2-4-17(30)5-3-12)31(26(34)24(21)33)18-9-15(28)8-16(29)10-18/h2-11,22,33H,1H3. The number of fused-ring (bicyclic) bond motifs is 1. The second-order valence-electron chi connectivity index (χ2n) is 7.99. The van der Waals surface area contributed by atoms with Gasteiger partial charge in [0.2, 0.25) is 5.78 Å². The minimum Gasteiger partial charge on any atom is -0.503 e. The van der Waals surface area contributed by atoms with Crippen molar-refractivity contribution in [3.63, 3.8) is 0 Å². The van der Waals surface area contributed by atoms with Crippen LogP contribution in [0.2, 0.25) is 15.1 Å². The van der Waals surface area contributed by atoms with Crippen LogP contribution in [-0.2, 0) is 4.79 Å². The van der Waals surface area contributed by atoms with Crippen LogP contribution in [0.25, 0.3) is 11.0 Å².